The first-order chi connectivity index (χ1) is 9.99. The van der Waals surface area contributed by atoms with Crippen LogP contribution < -0.4 is 4.72 Å². The van der Waals surface area contributed by atoms with Crippen molar-refractivity contribution in [3.63, 3.8) is 0 Å². The highest BCUT2D eigenvalue weighted by Crippen LogP contribution is 2.26. The number of carboxylic acids is 1. The fourth-order valence-corrected chi connectivity index (χ4v) is 4.52. The first kappa shape index (κ1) is 16.0. The average molecular weight is 311 g/mol. The van der Waals surface area contributed by atoms with E-state index in [4.69, 9.17) is 5.11 Å². The second kappa shape index (κ2) is 7.04. The van der Waals surface area contributed by atoms with E-state index in [2.05, 4.69) is 4.72 Å². The topological polar surface area (TPSA) is 83.5 Å². The van der Waals surface area contributed by atoms with Gasteiger partial charge in [-0.3, -0.25) is 4.79 Å². The van der Waals surface area contributed by atoms with Gasteiger partial charge in [0, 0.05) is 0 Å². The van der Waals surface area contributed by atoms with Crippen molar-refractivity contribution in [1.82, 2.24) is 4.72 Å². The molecule has 0 amide bonds. The van der Waals surface area contributed by atoms with Gasteiger partial charge in [0.1, 0.15) is 0 Å². The van der Waals surface area contributed by atoms with Crippen molar-refractivity contribution in [2.24, 2.45) is 0 Å². The molecule has 1 atom stereocenters. The Morgan fingerprint density at radius 3 is 2.38 bits per heavy atom. The average Bonchev–Trinajstić information content (AvgIpc) is 2.48. The number of nitrogens with one attached hydrogen (secondary N) is 1. The monoisotopic (exact) mass is 311 g/mol. The summed E-state index contributed by atoms with van der Waals surface area (Å²) in [5.41, 5.74) is 0.680. The molecule has 1 saturated carbocycles. The second-order valence-electron chi connectivity index (χ2n) is 5.48. The Bertz CT molecular complexity index is 565. The molecule has 1 unspecified atom stereocenters. The minimum absolute atomic E-state index is 0.254. The van der Waals surface area contributed by atoms with Gasteiger partial charge < -0.3 is 5.11 Å². The Morgan fingerprint density at radius 2 is 1.81 bits per heavy atom. The third-order valence-electron chi connectivity index (χ3n) is 3.88. The number of hydrogen-bond acceptors (Lipinski definition) is 3. The number of sulfonamides is 1. The molecule has 0 radical (unpaired) electrons. The summed E-state index contributed by atoms with van der Waals surface area (Å²) < 4.78 is 27.5. The summed E-state index contributed by atoms with van der Waals surface area (Å²) in [5.74, 6) is -1.02. The largest absolute Gasteiger partial charge is 0.481 e. The summed E-state index contributed by atoms with van der Waals surface area (Å²) in [7, 11) is -3.49. The maximum Gasteiger partial charge on any atom is 0.305 e. The number of rotatable bonds is 6. The quantitative estimate of drug-likeness (QED) is 0.845. The molecule has 0 aliphatic heterocycles. The minimum Gasteiger partial charge on any atom is -0.481 e. The van der Waals surface area contributed by atoms with Gasteiger partial charge in [-0.2, -0.15) is 0 Å². The van der Waals surface area contributed by atoms with Gasteiger partial charge in [-0.25, -0.2) is 13.1 Å². The maximum absolute atomic E-state index is 12.4. The summed E-state index contributed by atoms with van der Waals surface area (Å²) >= 11 is 0. The van der Waals surface area contributed by atoms with E-state index >= 15 is 0 Å². The lowest BCUT2D eigenvalue weighted by molar-refractivity contribution is -0.137. The molecular formula is C15H21NO4S. The fourth-order valence-electron chi connectivity index (χ4n) is 2.76. The van der Waals surface area contributed by atoms with E-state index in [1.54, 1.807) is 24.3 Å². The number of hydrogen-bond donors (Lipinski definition) is 2. The summed E-state index contributed by atoms with van der Waals surface area (Å²) in [6.45, 7) is 0. The molecule has 2 N–H and O–H groups in total. The molecule has 0 saturated heterocycles. The molecule has 6 heteroatoms. The van der Waals surface area contributed by atoms with E-state index in [-0.39, 0.29) is 6.42 Å². The minimum atomic E-state index is -3.49. The van der Waals surface area contributed by atoms with Crippen molar-refractivity contribution in [1.29, 1.82) is 0 Å². The Morgan fingerprint density at radius 1 is 1.19 bits per heavy atom. The van der Waals surface area contributed by atoms with Crippen LogP contribution >= 0.6 is 0 Å². The van der Waals surface area contributed by atoms with E-state index in [1.807, 2.05) is 6.07 Å². The summed E-state index contributed by atoms with van der Waals surface area (Å²) in [5, 5.41) is 8.62. The van der Waals surface area contributed by atoms with Crippen molar-refractivity contribution in [3.05, 3.63) is 35.9 Å². The standard InChI is InChI=1S/C15H21NO4S/c17-15(18)11-14(12-7-3-1-4-8-12)16-21(19,20)13-9-5-2-6-10-13/h1,3-4,7-8,13-14,16H,2,5-6,9-11H2,(H,17,18). The van der Waals surface area contributed by atoms with Crippen LogP contribution in [-0.2, 0) is 14.8 Å². The van der Waals surface area contributed by atoms with Gasteiger partial charge in [0.15, 0.2) is 0 Å². The SMILES string of the molecule is O=C(O)CC(NS(=O)(=O)C1CCCCC1)c1ccccc1. The molecular weight excluding hydrogens is 290 g/mol. The molecule has 0 aromatic heterocycles. The van der Waals surface area contributed by atoms with Gasteiger partial charge in [0.25, 0.3) is 0 Å². The molecule has 1 aromatic carbocycles. The molecule has 2 rings (SSSR count). The van der Waals surface area contributed by atoms with Crippen LogP contribution in [0.4, 0.5) is 0 Å². The number of aliphatic carboxylic acids is 1. The molecule has 0 bridgehead atoms. The Hall–Kier alpha value is -1.40. The molecule has 1 aliphatic carbocycles. The van der Waals surface area contributed by atoms with Crippen molar-refractivity contribution >= 4 is 16.0 Å². The molecule has 1 aliphatic rings. The second-order valence-corrected chi connectivity index (χ2v) is 7.48. The van der Waals surface area contributed by atoms with Gasteiger partial charge >= 0.3 is 5.97 Å². The van der Waals surface area contributed by atoms with Crippen LogP contribution in [-0.4, -0.2) is 24.7 Å². The molecule has 21 heavy (non-hydrogen) atoms. The highest BCUT2D eigenvalue weighted by molar-refractivity contribution is 7.90. The number of carbonyl (C=O) groups is 1. The molecule has 1 aromatic rings. The Kier molecular flexibility index (Phi) is 5.36. The Labute approximate surface area is 125 Å². The van der Waals surface area contributed by atoms with Crippen LogP contribution in [0, 0.1) is 0 Å². The lowest BCUT2D eigenvalue weighted by atomic mass is 10.0. The maximum atomic E-state index is 12.4. The van der Waals surface area contributed by atoms with Crippen molar-refractivity contribution in [2.75, 3.05) is 0 Å². The van der Waals surface area contributed by atoms with Crippen LogP contribution in [0.2, 0.25) is 0 Å². The molecule has 1 fully saturated rings. The van der Waals surface area contributed by atoms with Crippen LogP contribution in [0.1, 0.15) is 50.1 Å². The van der Waals surface area contributed by atoms with E-state index in [0.29, 0.717) is 18.4 Å². The lowest BCUT2D eigenvalue weighted by Gasteiger charge is -2.25. The summed E-state index contributed by atoms with van der Waals surface area (Å²) in [6.07, 6.45) is 3.97. The zero-order valence-electron chi connectivity index (χ0n) is 11.9. The number of carboxylic acid groups (broad SMARTS) is 1. The van der Waals surface area contributed by atoms with Crippen LogP contribution in [0.15, 0.2) is 30.3 Å². The van der Waals surface area contributed by atoms with Crippen molar-refractivity contribution < 1.29 is 18.3 Å². The highest BCUT2D eigenvalue weighted by atomic mass is 32.2. The molecule has 0 spiro atoms. The third-order valence-corrected chi connectivity index (χ3v) is 5.84. The van der Waals surface area contributed by atoms with Crippen LogP contribution in [0.3, 0.4) is 0 Å². The Balaban J connectivity index is 2.16. The number of benzene rings is 1. The van der Waals surface area contributed by atoms with Gasteiger partial charge in [-0.1, -0.05) is 49.6 Å². The first-order valence-electron chi connectivity index (χ1n) is 7.27. The van der Waals surface area contributed by atoms with Crippen LogP contribution in [0.25, 0.3) is 0 Å². The summed E-state index contributed by atoms with van der Waals surface area (Å²) in [4.78, 5) is 11.0. The molecule has 116 valence electrons. The van der Waals surface area contributed by atoms with Gasteiger partial charge in [-0.15, -0.1) is 0 Å². The first-order valence-corrected chi connectivity index (χ1v) is 8.81. The van der Waals surface area contributed by atoms with Gasteiger partial charge in [0.2, 0.25) is 10.0 Å². The van der Waals surface area contributed by atoms with E-state index < -0.39 is 27.3 Å². The zero-order chi connectivity index (χ0) is 15.3. The normalized spacial score (nSPS) is 18.3. The molecule has 0 heterocycles. The van der Waals surface area contributed by atoms with Crippen molar-refractivity contribution in [2.45, 2.75) is 49.8 Å². The van der Waals surface area contributed by atoms with Gasteiger partial charge in [0.05, 0.1) is 17.7 Å². The third kappa shape index (κ3) is 4.54. The predicted molar refractivity (Wildman–Crippen MR) is 80.4 cm³/mol. The van der Waals surface area contributed by atoms with Crippen molar-refractivity contribution in [3.8, 4) is 0 Å². The fraction of sp³-hybridized carbons (Fsp3) is 0.533. The molecule has 5 nitrogen and oxygen atoms in total. The zero-order valence-corrected chi connectivity index (χ0v) is 12.7. The lowest BCUT2D eigenvalue weighted by Crippen LogP contribution is -2.38. The smallest absolute Gasteiger partial charge is 0.305 e. The highest BCUT2D eigenvalue weighted by Gasteiger charge is 2.30. The predicted octanol–water partition coefficient (Wildman–Crippen LogP) is 2.45. The van der Waals surface area contributed by atoms with E-state index in [9.17, 15) is 13.2 Å². The van der Waals surface area contributed by atoms with Crippen LogP contribution in [0.5, 0.6) is 0 Å². The van der Waals surface area contributed by atoms with E-state index in [1.165, 1.54) is 0 Å². The summed E-state index contributed by atoms with van der Waals surface area (Å²) in [6, 6.07) is 8.15. The van der Waals surface area contributed by atoms with E-state index in [0.717, 1.165) is 19.3 Å². The van der Waals surface area contributed by atoms with Gasteiger partial charge in [-0.05, 0) is 18.4 Å².